The van der Waals surface area contributed by atoms with E-state index in [1.807, 2.05) is 0 Å². The van der Waals surface area contributed by atoms with E-state index in [-0.39, 0.29) is 46.4 Å². The van der Waals surface area contributed by atoms with E-state index in [1.165, 1.54) is 24.7 Å². The van der Waals surface area contributed by atoms with Crippen LogP contribution >= 0.6 is 0 Å². The maximum absolute atomic E-state index is 13.1. The number of rotatable bonds is 2. The number of benzene rings is 1. The molecular formula is C21H18N2O6. The van der Waals surface area contributed by atoms with Gasteiger partial charge in [-0.3, -0.25) is 14.4 Å². The van der Waals surface area contributed by atoms with E-state index in [2.05, 4.69) is 0 Å². The molecule has 2 fully saturated rings. The summed E-state index contributed by atoms with van der Waals surface area (Å²) in [6.07, 6.45) is 3.94. The van der Waals surface area contributed by atoms with Gasteiger partial charge in [0.1, 0.15) is 11.3 Å². The van der Waals surface area contributed by atoms with E-state index in [1.54, 1.807) is 28.0 Å². The van der Waals surface area contributed by atoms with Crippen molar-refractivity contribution < 1.29 is 23.5 Å². The fourth-order valence-corrected chi connectivity index (χ4v) is 4.49. The second-order valence-electron chi connectivity index (χ2n) is 7.33. The lowest BCUT2D eigenvalue weighted by Crippen LogP contribution is -2.41. The van der Waals surface area contributed by atoms with Gasteiger partial charge in [-0.25, -0.2) is 0 Å². The minimum absolute atomic E-state index is 0.00554. The lowest BCUT2D eigenvalue weighted by atomic mass is 10.1. The Bertz CT molecular complexity index is 1180. The van der Waals surface area contributed by atoms with Crippen LogP contribution in [0.15, 0.2) is 56.5 Å². The van der Waals surface area contributed by atoms with Crippen molar-refractivity contribution in [1.82, 2.24) is 9.80 Å². The molecule has 2 amide bonds. The van der Waals surface area contributed by atoms with Crippen LogP contribution in [-0.2, 0) is 0 Å². The van der Waals surface area contributed by atoms with Crippen LogP contribution in [0.4, 0.5) is 0 Å². The third kappa shape index (κ3) is 2.71. The third-order valence-corrected chi connectivity index (χ3v) is 5.85. The summed E-state index contributed by atoms with van der Waals surface area (Å²) < 4.78 is 10.5. The largest absolute Gasteiger partial charge is 0.506 e. The number of furan rings is 1. The number of phenolic OH excluding ortho intramolecular Hbond substituents is 1. The van der Waals surface area contributed by atoms with Crippen molar-refractivity contribution in [3.63, 3.8) is 0 Å². The van der Waals surface area contributed by atoms with E-state index >= 15 is 0 Å². The average molecular weight is 394 g/mol. The molecule has 5 rings (SSSR count). The van der Waals surface area contributed by atoms with Gasteiger partial charge in [-0.15, -0.1) is 0 Å². The van der Waals surface area contributed by atoms with Crippen LogP contribution in [0, 0.1) is 0 Å². The molecule has 2 aliphatic rings. The van der Waals surface area contributed by atoms with Crippen molar-refractivity contribution in [3.05, 3.63) is 64.4 Å². The summed E-state index contributed by atoms with van der Waals surface area (Å²) in [6, 6.07) is 7.01. The van der Waals surface area contributed by atoms with Gasteiger partial charge < -0.3 is 23.7 Å². The standard InChI is InChI=1S/C21H18N2O6/c24-12-5-9-29-18(11-12)21(27)23-8-4-15-16(23)3-7-22(15)20(26)14-1-2-17-13(19(14)25)6-10-28-17/h1-2,5-6,9-11,15-16,25H,3-4,7-8H2/t15-,16-/m1/s1. The monoisotopic (exact) mass is 394 g/mol. The first-order valence-electron chi connectivity index (χ1n) is 9.44. The Morgan fingerprint density at radius 2 is 1.62 bits per heavy atom. The second kappa shape index (κ2) is 6.51. The van der Waals surface area contributed by atoms with Crippen molar-refractivity contribution >= 4 is 22.8 Å². The van der Waals surface area contributed by atoms with Gasteiger partial charge in [-0.1, -0.05) is 0 Å². The number of likely N-dealkylation sites (tertiary alicyclic amines) is 2. The fraction of sp³-hybridized carbons (Fsp3) is 0.286. The number of phenols is 1. The summed E-state index contributed by atoms with van der Waals surface area (Å²) in [6.45, 7) is 0.961. The molecule has 8 nitrogen and oxygen atoms in total. The zero-order valence-corrected chi connectivity index (χ0v) is 15.4. The van der Waals surface area contributed by atoms with Crippen LogP contribution in [-0.4, -0.2) is 51.9 Å². The normalized spacial score (nSPS) is 21.0. The molecule has 148 valence electrons. The zero-order chi connectivity index (χ0) is 20.1. The molecule has 0 radical (unpaired) electrons. The van der Waals surface area contributed by atoms with Crippen LogP contribution in [0.1, 0.15) is 33.8 Å². The highest BCUT2D eigenvalue weighted by Gasteiger charge is 2.47. The van der Waals surface area contributed by atoms with E-state index < -0.39 is 0 Å². The van der Waals surface area contributed by atoms with Gasteiger partial charge in [0.2, 0.25) is 0 Å². The first kappa shape index (κ1) is 17.5. The van der Waals surface area contributed by atoms with Crippen LogP contribution in [0.5, 0.6) is 5.75 Å². The van der Waals surface area contributed by atoms with E-state index in [4.69, 9.17) is 8.83 Å². The average Bonchev–Trinajstić information content (AvgIpc) is 3.43. The number of nitrogens with zero attached hydrogens (tertiary/aromatic N) is 2. The van der Waals surface area contributed by atoms with Gasteiger partial charge >= 0.3 is 0 Å². The predicted molar refractivity (Wildman–Crippen MR) is 102 cm³/mol. The minimum Gasteiger partial charge on any atom is -0.506 e. The van der Waals surface area contributed by atoms with Crippen molar-refractivity contribution in [2.75, 3.05) is 13.1 Å². The molecule has 2 saturated heterocycles. The summed E-state index contributed by atoms with van der Waals surface area (Å²) in [5.74, 6) is -0.696. The Morgan fingerprint density at radius 1 is 0.931 bits per heavy atom. The van der Waals surface area contributed by atoms with Crippen LogP contribution in [0.25, 0.3) is 11.0 Å². The van der Waals surface area contributed by atoms with Crippen molar-refractivity contribution in [1.29, 1.82) is 0 Å². The van der Waals surface area contributed by atoms with Crippen molar-refractivity contribution in [2.45, 2.75) is 24.9 Å². The molecule has 2 atom stereocenters. The van der Waals surface area contributed by atoms with E-state index in [0.717, 1.165) is 0 Å². The molecule has 2 aromatic heterocycles. The predicted octanol–water partition coefficient (Wildman–Crippen LogP) is 2.22. The van der Waals surface area contributed by atoms with Gasteiger partial charge in [-0.2, -0.15) is 0 Å². The zero-order valence-electron chi connectivity index (χ0n) is 15.4. The summed E-state index contributed by atoms with van der Waals surface area (Å²) >= 11 is 0. The summed E-state index contributed by atoms with van der Waals surface area (Å²) in [5.41, 5.74) is 0.447. The van der Waals surface area contributed by atoms with Gasteiger partial charge in [0.25, 0.3) is 11.8 Å². The topological polar surface area (TPSA) is 104 Å². The van der Waals surface area contributed by atoms with E-state index in [9.17, 15) is 19.5 Å². The highest BCUT2D eigenvalue weighted by molar-refractivity contribution is 6.03. The first-order valence-corrected chi connectivity index (χ1v) is 9.44. The SMILES string of the molecule is O=C(c1cc(=O)cco1)N1CC[C@@H]2[C@H]1CCN2C(=O)c1ccc2occc2c1O. The van der Waals surface area contributed by atoms with Crippen molar-refractivity contribution in [2.24, 2.45) is 0 Å². The molecule has 1 N–H and O–H groups in total. The number of carbonyl (C=O) groups is 2. The summed E-state index contributed by atoms with van der Waals surface area (Å²) in [5, 5.41) is 11.0. The molecular weight excluding hydrogens is 376 g/mol. The Morgan fingerprint density at radius 3 is 2.34 bits per heavy atom. The number of hydrogen-bond acceptors (Lipinski definition) is 6. The highest BCUT2D eigenvalue weighted by atomic mass is 16.3. The second-order valence-corrected chi connectivity index (χ2v) is 7.33. The maximum atomic E-state index is 13.1. The van der Waals surface area contributed by atoms with Crippen LogP contribution in [0.3, 0.4) is 0 Å². The molecule has 8 heteroatoms. The highest BCUT2D eigenvalue weighted by Crippen LogP contribution is 2.36. The quantitative estimate of drug-likeness (QED) is 0.715. The summed E-state index contributed by atoms with van der Waals surface area (Å²) in [7, 11) is 0. The molecule has 0 spiro atoms. The first-order chi connectivity index (χ1) is 14.0. The molecule has 0 bridgehead atoms. The molecule has 2 aliphatic heterocycles. The van der Waals surface area contributed by atoms with Gasteiger partial charge in [0.15, 0.2) is 11.2 Å². The van der Waals surface area contributed by atoms with E-state index in [0.29, 0.717) is 36.9 Å². The maximum Gasteiger partial charge on any atom is 0.290 e. The number of hydrogen-bond donors (Lipinski definition) is 1. The van der Waals surface area contributed by atoms with Crippen molar-refractivity contribution in [3.8, 4) is 5.75 Å². The minimum atomic E-state index is -0.341. The molecule has 1 aromatic carbocycles. The third-order valence-electron chi connectivity index (χ3n) is 5.85. The molecule has 29 heavy (non-hydrogen) atoms. The van der Waals surface area contributed by atoms with Gasteiger partial charge in [0, 0.05) is 25.2 Å². The molecule has 0 unspecified atom stereocenters. The lowest BCUT2D eigenvalue weighted by Gasteiger charge is -2.25. The Balaban J connectivity index is 1.39. The number of amides is 2. The molecule has 3 aromatic rings. The summed E-state index contributed by atoms with van der Waals surface area (Å²) in [4.78, 5) is 40.9. The Hall–Kier alpha value is -3.55. The fourth-order valence-electron chi connectivity index (χ4n) is 4.49. The number of aromatic hydroxyl groups is 1. The van der Waals surface area contributed by atoms with Gasteiger partial charge in [-0.05, 0) is 31.0 Å². The Kier molecular flexibility index (Phi) is 3.94. The van der Waals surface area contributed by atoms with Crippen LogP contribution in [0.2, 0.25) is 0 Å². The molecule has 4 heterocycles. The lowest BCUT2D eigenvalue weighted by molar-refractivity contribution is 0.0669. The van der Waals surface area contributed by atoms with Crippen LogP contribution < -0.4 is 5.43 Å². The van der Waals surface area contributed by atoms with Gasteiger partial charge in [0.05, 0.1) is 35.6 Å². The smallest absolute Gasteiger partial charge is 0.290 e. The molecule has 0 saturated carbocycles. The molecule has 0 aliphatic carbocycles. The number of fused-ring (bicyclic) bond motifs is 2. The number of carbonyl (C=O) groups excluding carboxylic acids is 2. The Labute approximate surface area is 164 Å².